The highest BCUT2D eigenvalue weighted by molar-refractivity contribution is 9.10. The van der Waals surface area contributed by atoms with Gasteiger partial charge in [-0.15, -0.1) is 0 Å². The normalized spacial score (nSPS) is 23.7. The fraction of sp³-hybridized carbons (Fsp3) is 0.500. The van der Waals surface area contributed by atoms with Gasteiger partial charge < -0.3 is 5.32 Å². The summed E-state index contributed by atoms with van der Waals surface area (Å²) in [5.41, 5.74) is 0.955. The summed E-state index contributed by atoms with van der Waals surface area (Å²) >= 11 is 3.51. The molecule has 4 unspecified atom stereocenters. The lowest BCUT2D eigenvalue weighted by Crippen LogP contribution is -2.51. The van der Waals surface area contributed by atoms with Crippen LogP contribution in [0.3, 0.4) is 0 Å². The maximum atomic E-state index is 13.2. The minimum absolute atomic E-state index is 0.177. The largest absolute Gasteiger partial charge is 0.348 e. The van der Waals surface area contributed by atoms with E-state index in [1.807, 2.05) is 57.2 Å². The average molecular weight is 447 g/mol. The molecule has 5 nitrogen and oxygen atoms in total. The number of allylic oxidation sites excluding steroid dienone is 2. The Labute approximate surface area is 174 Å². The molecule has 0 radical (unpaired) electrons. The number of fused-ring (bicyclic) bond motifs is 1. The Hall–Kier alpha value is -1.95. The smallest absolute Gasteiger partial charge is 0.243 e. The molecule has 0 bridgehead atoms. The molecule has 1 N–H and O–H groups in total. The fourth-order valence-corrected chi connectivity index (χ4v) is 4.75. The van der Waals surface area contributed by atoms with Crippen molar-refractivity contribution in [3.8, 4) is 0 Å². The maximum absolute atomic E-state index is 13.2. The second-order valence-corrected chi connectivity index (χ2v) is 8.95. The predicted octanol–water partition coefficient (Wildman–Crippen LogP) is 3.99. The number of imide groups is 1. The first-order valence-electron chi connectivity index (χ1n) is 9.88. The van der Waals surface area contributed by atoms with Gasteiger partial charge in [-0.2, -0.15) is 0 Å². The van der Waals surface area contributed by atoms with E-state index in [0.717, 1.165) is 10.0 Å². The highest BCUT2D eigenvalue weighted by Gasteiger charge is 2.51. The van der Waals surface area contributed by atoms with E-state index < -0.39 is 6.04 Å². The van der Waals surface area contributed by atoms with Crippen LogP contribution in [0, 0.1) is 17.8 Å². The van der Waals surface area contributed by atoms with E-state index in [1.165, 1.54) is 4.90 Å². The molecule has 3 rings (SSSR count). The van der Waals surface area contributed by atoms with E-state index in [1.54, 1.807) is 0 Å². The molecule has 1 aromatic carbocycles. The lowest BCUT2D eigenvalue weighted by atomic mass is 9.85. The lowest BCUT2D eigenvalue weighted by Gasteiger charge is -2.29. The second kappa shape index (κ2) is 8.60. The van der Waals surface area contributed by atoms with E-state index >= 15 is 0 Å². The highest BCUT2D eigenvalue weighted by atomic mass is 79.9. The molecule has 1 aliphatic heterocycles. The van der Waals surface area contributed by atoms with Crippen LogP contribution in [0.2, 0.25) is 0 Å². The van der Waals surface area contributed by atoms with Crippen molar-refractivity contribution >= 4 is 33.7 Å². The minimum atomic E-state index is -0.768. The van der Waals surface area contributed by atoms with Gasteiger partial charge in [-0.1, -0.05) is 60.1 Å². The molecule has 1 fully saturated rings. The van der Waals surface area contributed by atoms with E-state index in [9.17, 15) is 14.4 Å². The zero-order valence-electron chi connectivity index (χ0n) is 16.5. The fourth-order valence-electron chi connectivity index (χ4n) is 4.12. The van der Waals surface area contributed by atoms with E-state index in [2.05, 4.69) is 21.2 Å². The van der Waals surface area contributed by atoms with Crippen LogP contribution in [-0.4, -0.2) is 28.7 Å². The van der Waals surface area contributed by atoms with Crippen LogP contribution in [0.1, 0.15) is 51.6 Å². The van der Waals surface area contributed by atoms with Gasteiger partial charge in [0.05, 0.1) is 17.9 Å². The summed E-state index contributed by atoms with van der Waals surface area (Å²) in [5.74, 6) is -1.13. The van der Waals surface area contributed by atoms with Gasteiger partial charge in [-0.3, -0.25) is 19.3 Å². The summed E-state index contributed by atoms with van der Waals surface area (Å²) in [6.45, 7) is 5.90. The monoisotopic (exact) mass is 446 g/mol. The molecule has 150 valence electrons. The Kier molecular flexibility index (Phi) is 6.38. The minimum Gasteiger partial charge on any atom is -0.348 e. The number of amides is 3. The first-order valence-corrected chi connectivity index (χ1v) is 10.7. The summed E-state index contributed by atoms with van der Waals surface area (Å²) in [5, 5.41) is 3.01. The maximum Gasteiger partial charge on any atom is 0.243 e. The summed E-state index contributed by atoms with van der Waals surface area (Å²) in [6.07, 6.45) is 5.54. The molecule has 0 saturated carbocycles. The first kappa shape index (κ1) is 20.8. The Balaban J connectivity index is 1.82. The van der Waals surface area contributed by atoms with Crippen LogP contribution in [0.15, 0.2) is 40.9 Å². The van der Waals surface area contributed by atoms with Crippen molar-refractivity contribution in [2.75, 3.05) is 0 Å². The van der Waals surface area contributed by atoms with Crippen molar-refractivity contribution in [3.05, 3.63) is 46.5 Å². The Bertz CT molecular complexity index is 779. The molecule has 2 aliphatic rings. The zero-order valence-corrected chi connectivity index (χ0v) is 18.1. The van der Waals surface area contributed by atoms with Crippen molar-refractivity contribution < 1.29 is 14.4 Å². The van der Waals surface area contributed by atoms with Crippen LogP contribution in [0.25, 0.3) is 0 Å². The van der Waals surface area contributed by atoms with Gasteiger partial charge in [0.2, 0.25) is 17.7 Å². The van der Waals surface area contributed by atoms with Crippen LogP contribution in [0.5, 0.6) is 0 Å². The van der Waals surface area contributed by atoms with Crippen LogP contribution >= 0.6 is 15.9 Å². The van der Waals surface area contributed by atoms with Crippen molar-refractivity contribution in [1.82, 2.24) is 10.2 Å². The van der Waals surface area contributed by atoms with Gasteiger partial charge in [-0.25, -0.2) is 0 Å². The number of likely N-dealkylation sites (tertiary alicyclic amines) is 1. The molecule has 0 spiro atoms. The number of benzene rings is 1. The second-order valence-electron chi connectivity index (χ2n) is 8.10. The van der Waals surface area contributed by atoms with Crippen LogP contribution in [-0.2, 0) is 14.4 Å². The number of carbonyl (C=O) groups excluding carboxylic acids is 3. The van der Waals surface area contributed by atoms with Gasteiger partial charge in [-0.05, 0) is 43.7 Å². The Morgan fingerprint density at radius 1 is 1.11 bits per heavy atom. The molecule has 1 heterocycles. The first-order chi connectivity index (χ1) is 13.3. The van der Waals surface area contributed by atoms with Gasteiger partial charge in [0.25, 0.3) is 0 Å². The Morgan fingerprint density at radius 3 is 2.21 bits per heavy atom. The molecule has 1 saturated heterocycles. The van der Waals surface area contributed by atoms with Crippen LogP contribution in [0.4, 0.5) is 0 Å². The average Bonchev–Trinajstić information content (AvgIpc) is 2.91. The van der Waals surface area contributed by atoms with E-state index in [-0.39, 0.29) is 41.5 Å². The van der Waals surface area contributed by atoms with Crippen molar-refractivity contribution in [2.24, 2.45) is 17.8 Å². The molecule has 0 aromatic heterocycles. The van der Waals surface area contributed by atoms with Gasteiger partial charge in [0.15, 0.2) is 0 Å². The zero-order chi connectivity index (χ0) is 20.4. The number of hydrogen-bond donors (Lipinski definition) is 1. The number of carbonyl (C=O) groups is 3. The molecule has 4 atom stereocenters. The molecule has 28 heavy (non-hydrogen) atoms. The molecule has 1 aromatic rings. The summed E-state index contributed by atoms with van der Waals surface area (Å²) in [6, 6.07) is 6.69. The van der Waals surface area contributed by atoms with Crippen molar-refractivity contribution in [3.63, 3.8) is 0 Å². The standard InChI is InChI=1S/C22H27BrN2O3/c1-13(2)12-19(20(26)24-14(3)15-8-6-7-11-18(15)23)25-21(27)16-9-4-5-10-17(16)22(25)28/h4-8,11,13-14,16-17,19H,9-10,12H2,1-3H3,(H,24,26). The SMILES string of the molecule is CC(C)CC(C(=O)NC(C)c1ccccc1Br)N1C(=O)C2CC=CCC2C1=O. The van der Waals surface area contributed by atoms with Crippen LogP contribution < -0.4 is 5.32 Å². The summed E-state index contributed by atoms with van der Waals surface area (Å²) < 4.78 is 0.911. The van der Waals surface area contributed by atoms with Crippen molar-refractivity contribution in [1.29, 1.82) is 0 Å². The third kappa shape index (κ3) is 4.07. The number of halogens is 1. The van der Waals surface area contributed by atoms with Gasteiger partial charge in [0, 0.05) is 4.47 Å². The topological polar surface area (TPSA) is 66.5 Å². The summed E-state index contributed by atoms with van der Waals surface area (Å²) in [4.78, 5) is 40.4. The highest BCUT2D eigenvalue weighted by Crippen LogP contribution is 2.37. The third-order valence-corrected chi connectivity index (χ3v) is 6.30. The number of rotatable bonds is 6. The molecular weight excluding hydrogens is 420 g/mol. The predicted molar refractivity (Wildman–Crippen MR) is 111 cm³/mol. The number of nitrogens with zero attached hydrogens (tertiary/aromatic N) is 1. The van der Waals surface area contributed by atoms with Crippen molar-refractivity contribution in [2.45, 2.75) is 52.1 Å². The number of nitrogens with one attached hydrogen (secondary N) is 1. The molecule has 6 heteroatoms. The van der Waals surface area contributed by atoms with Gasteiger partial charge in [0.1, 0.15) is 6.04 Å². The van der Waals surface area contributed by atoms with Gasteiger partial charge >= 0.3 is 0 Å². The lowest BCUT2D eigenvalue weighted by molar-refractivity contribution is -0.148. The van der Waals surface area contributed by atoms with E-state index in [4.69, 9.17) is 0 Å². The third-order valence-electron chi connectivity index (χ3n) is 5.58. The van der Waals surface area contributed by atoms with E-state index in [0.29, 0.717) is 19.3 Å². The quantitative estimate of drug-likeness (QED) is 0.530. The molecule has 3 amide bonds. The Morgan fingerprint density at radius 2 is 1.68 bits per heavy atom. The molecule has 1 aliphatic carbocycles. The number of hydrogen-bond acceptors (Lipinski definition) is 3. The molecular formula is C22H27BrN2O3. The summed E-state index contributed by atoms with van der Waals surface area (Å²) in [7, 11) is 0.